The van der Waals surface area contributed by atoms with Gasteiger partial charge in [-0.3, -0.25) is 9.59 Å². The van der Waals surface area contributed by atoms with Crippen LogP contribution in [0, 0.1) is 17.2 Å². The first-order chi connectivity index (χ1) is 21.1. The zero-order chi connectivity index (χ0) is 32.9. The number of aromatic nitrogens is 2. The zero-order valence-electron chi connectivity index (χ0n) is 25.3. The van der Waals surface area contributed by atoms with Gasteiger partial charge >= 0.3 is 18.0 Å². The number of hydrogen-bond donors (Lipinski definition) is 2. The summed E-state index contributed by atoms with van der Waals surface area (Å²) in [6, 6.07) is 6.73. The van der Waals surface area contributed by atoms with Gasteiger partial charge in [-0.2, -0.15) is 5.26 Å². The lowest BCUT2D eigenvalue weighted by molar-refractivity contribution is -0.167. The van der Waals surface area contributed by atoms with E-state index in [9.17, 15) is 24.4 Å². The topological polar surface area (TPSA) is 173 Å². The number of piperidine rings is 1. The van der Waals surface area contributed by atoms with E-state index < -0.39 is 54.8 Å². The van der Waals surface area contributed by atoms with E-state index >= 15 is 8.78 Å². The van der Waals surface area contributed by atoms with E-state index in [4.69, 9.17) is 14.2 Å². The third kappa shape index (κ3) is 9.07. The number of likely N-dealkylation sites (tertiary alicyclic amines) is 1. The Bertz CT molecular complexity index is 1500. The molecule has 0 spiro atoms. The predicted molar refractivity (Wildman–Crippen MR) is 154 cm³/mol. The number of esters is 1. The Balaban J connectivity index is 1.32. The Labute approximate surface area is 258 Å². The molecule has 2 heterocycles. The summed E-state index contributed by atoms with van der Waals surface area (Å²) in [4.78, 5) is 57.7. The second-order valence-electron chi connectivity index (χ2n) is 11.8. The lowest BCUT2D eigenvalue weighted by Gasteiger charge is -2.38. The van der Waals surface area contributed by atoms with Gasteiger partial charge < -0.3 is 29.7 Å². The Morgan fingerprint density at radius 3 is 2.53 bits per heavy atom. The zero-order valence-corrected chi connectivity index (χ0v) is 25.3. The van der Waals surface area contributed by atoms with Crippen LogP contribution in [0.15, 0.2) is 30.6 Å². The van der Waals surface area contributed by atoms with Crippen molar-refractivity contribution in [1.82, 2.24) is 20.2 Å². The minimum absolute atomic E-state index is 0.00925. The maximum absolute atomic E-state index is 15.1. The molecule has 13 nitrogen and oxygen atoms in total. The molecule has 0 bridgehead atoms. The van der Waals surface area contributed by atoms with Gasteiger partial charge in [0.05, 0.1) is 17.8 Å². The first-order valence-corrected chi connectivity index (χ1v) is 14.3. The molecule has 1 aliphatic heterocycles. The van der Waals surface area contributed by atoms with Gasteiger partial charge in [0, 0.05) is 30.5 Å². The quantitative estimate of drug-likeness (QED) is 0.392. The number of alkyl carbamates (subject to hydrolysis) is 1. The molecular formula is C30H34F2N6O7. The summed E-state index contributed by atoms with van der Waals surface area (Å²) in [5.74, 6) is -5.18. The van der Waals surface area contributed by atoms with Crippen molar-refractivity contribution in [3.05, 3.63) is 36.2 Å². The van der Waals surface area contributed by atoms with Crippen molar-refractivity contribution in [3.8, 4) is 23.1 Å². The summed E-state index contributed by atoms with van der Waals surface area (Å²) in [6.45, 7) is 4.37. The van der Waals surface area contributed by atoms with Gasteiger partial charge in [-0.15, -0.1) is 0 Å². The number of hydrogen-bond acceptors (Lipinski definition) is 10. The Kier molecular flexibility index (Phi) is 9.84. The lowest BCUT2D eigenvalue weighted by Crippen LogP contribution is -2.56. The van der Waals surface area contributed by atoms with E-state index in [2.05, 4.69) is 20.6 Å². The van der Waals surface area contributed by atoms with Crippen molar-refractivity contribution in [1.29, 1.82) is 5.26 Å². The summed E-state index contributed by atoms with van der Waals surface area (Å²) in [5.41, 5.74) is 0.0972. The Morgan fingerprint density at radius 1 is 1.16 bits per heavy atom. The average molecular weight is 629 g/mol. The van der Waals surface area contributed by atoms with E-state index in [1.54, 1.807) is 32.9 Å². The second-order valence-corrected chi connectivity index (χ2v) is 11.8. The van der Waals surface area contributed by atoms with Gasteiger partial charge in [-0.05, 0) is 58.7 Å². The fourth-order valence-electron chi connectivity index (χ4n) is 4.36. The molecule has 2 aromatic rings. The molecule has 2 fully saturated rings. The van der Waals surface area contributed by atoms with Crippen molar-refractivity contribution in [2.45, 2.75) is 70.6 Å². The summed E-state index contributed by atoms with van der Waals surface area (Å²) in [6.07, 6.45) is 0.181. The van der Waals surface area contributed by atoms with Crippen molar-refractivity contribution < 1.29 is 42.2 Å². The van der Waals surface area contributed by atoms with Gasteiger partial charge in [0.1, 0.15) is 35.6 Å². The minimum atomic E-state index is -3.49. The number of benzene rings is 1. The van der Waals surface area contributed by atoms with Gasteiger partial charge in [0.15, 0.2) is 12.7 Å². The van der Waals surface area contributed by atoms with Crippen molar-refractivity contribution in [2.75, 3.05) is 25.0 Å². The second kappa shape index (κ2) is 13.4. The van der Waals surface area contributed by atoms with E-state index in [0.29, 0.717) is 17.1 Å². The van der Waals surface area contributed by atoms with Crippen LogP contribution in [-0.2, 0) is 23.9 Å². The molecule has 2 aliphatic rings. The number of amides is 3. The number of nitrogens with zero attached hydrogens (tertiary/aromatic N) is 4. The monoisotopic (exact) mass is 628 g/mol. The predicted octanol–water partition coefficient (Wildman–Crippen LogP) is 3.44. The standard InChI is InChI=1S/C30H34F2N6O7/c1-17(36-28(42)45-29(2,3)4)27(41)43-14-25(39)38-10-9-23(30(31,32)15-38)44-22-8-7-19(11-20(22)13-33)21-12-24(35-16-34-21)37-26(40)18-5-6-18/h7-8,11-12,16-18,23H,5-6,9-10,14-15H2,1-4H3,(H,36,42)(H,34,35,37,40)/t17-,23-/m0/s1. The smallest absolute Gasteiger partial charge is 0.408 e. The van der Waals surface area contributed by atoms with Crippen molar-refractivity contribution in [2.24, 2.45) is 5.92 Å². The van der Waals surface area contributed by atoms with Crippen LogP contribution in [0.2, 0.25) is 0 Å². The van der Waals surface area contributed by atoms with E-state index in [-0.39, 0.29) is 36.1 Å². The van der Waals surface area contributed by atoms with Crippen molar-refractivity contribution >= 4 is 29.7 Å². The molecule has 2 N–H and O–H groups in total. The number of nitriles is 1. The number of anilines is 1. The van der Waals surface area contributed by atoms with Crippen LogP contribution in [-0.4, -0.2) is 82.1 Å². The van der Waals surface area contributed by atoms with Crippen LogP contribution in [0.4, 0.5) is 19.4 Å². The van der Waals surface area contributed by atoms with E-state index in [1.165, 1.54) is 25.4 Å². The molecule has 2 atom stereocenters. The fraction of sp³-hybridized carbons (Fsp3) is 0.500. The maximum atomic E-state index is 15.1. The summed E-state index contributed by atoms with van der Waals surface area (Å²) in [7, 11) is 0. The number of rotatable bonds is 9. The number of nitrogens with one attached hydrogen (secondary N) is 2. The normalized spacial score (nSPS) is 18.2. The molecule has 15 heteroatoms. The van der Waals surface area contributed by atoms with Crippen molar-refractivity contribution in [3.63, 3.8) is 0 Å². The highest BCUT2D eigenvalue weighted by Gasteiger charge is 2.48. The minimum Gasteiger partial charge on any atom is -0.483 e. The molecular weight excluding hydrogens is 594 g/mol. The summed E-state index contributed by atoms with van der Waals surface area (Å²) in [5, 5.41) is 14.7. The number of carbonyl (C=O) groups is 4. The number of carbonyl (C=O) groups excluding carboxylic acids is 4. The molecule has 1 aliphatic carbocycles. The SMILES string of the molecule is C[C@H](NC(=O)OC(C)(C)C)C(=O)OCC(=O)N1CC[C@H](Oc2ccc(-c3cc(NC(=O)C4CC4)ncn3)cc2C#N)C(F)(F)C1. The van der Waals surface area contributed by atoms with Crippen LogP contribution in [0.5, 0.6) is 5.75 Å². The first-order valence-electron chi connectivity index (χ1n) is 14.3. The highest BCUT2D eigenvalue weighted by atomic mass is 19.3. The highest BCUT2D eigenvalue weighted by molar-refractivity contribution is 5.93. The fourth-order valence-corrected chi connectivity index (χ4v) is 4.36. The molecule has 1 saturated carbocycles. The molecule has 1 aromatic carbocycles. The summed E-state index contributed by atoms with van der Waals surface area (Å²) < 4.78 is 45.8. The molecule has 1 aromatic heterocycles. The number of halogens is 2. The summed E-state index contributed by atoms with van der Waals surface area (Å²) >= 11 is 0. The third-order valence-corrected chi connectivity index (χ3v) is 6.84. The molecule has 45 heavy (non-hydrogen) atoms. The van der Waals surface area contributed by atoms with E-state index in [0.717, 1.165) is 17.7 Å². The lowest BCUT2D eigenvalue weighted by atomic mass is 10.0. The third-order valence-electron chi connectivity index (χ3n) is 6.84. The molecule has 0 radical (unpaired) electrons. The molecule has 240 valence electrons. The average Bonchev–Trinajstić information content (AvgIpc) is 3.81. The highest BCUT2D eigenvalue weighted by Crippen LogP contribution is 2.34. The molecule has 3 amide bonds. The van der Waals surface area contributed by atoms with Gasteiger partial charge in [-0.1, -0.05) is 0 Å². The molecule has 1 saturated heterocycles. The van der Waals surface area contributed by atoms with Crippen LogP contribution in [0.1, 0.15) is 52.5 Å². The van der Waals surface area contributed by atoms with E-state index in [1.807, 2.05) is 6.07 Å². The van der Waals surface area contributed by atoms with Crippen LogP contribution < -0.4 is 15.4 Å². The number of alkyl halides is 2. The Hall–Kier alpha value is -4.87. The van der Waals surface area contributed by atoms with Gasteiger partial charge in [0.2, 0.25) is 5.91 Å². The van der Waals surface area contributed by atoms with Crippen LogP contribution >= 0.6 is 0 Å². The molecule has 0 unspecified atom stereocenters. The number of ether oxygens (including phenoxy) is 3. The molecule has 4 rings (SSSR count). The van der Waals surface area contributed by atoms with Crippen LogP contribution in [0.25, 0.3) is 11.3 Å². The van der Waals surface area contributed by atoms with Crippen LogP contribution in [0.3, 0.4) is 0 Å². The largest absolute Gasteiger partial charge is 0.483 e. The Morgan fingerprint density at radius 2 is 1.89 bits per heavy atom. The van der Waals surface area contributed by atoms with Gasteiger partial charge in [-0.25, -0.2) is 28.3 Å². The maximum Gasteiger partial charge on any atom is 0.408 e. The van der Waals surface area contributed by atoms with Gasteiger partial charge in [0.25, 0.3) is 5.91 Å². The first kappa shape index (κ1) is 33.0.